The van der Waals surface area contributed by atoms with Gasteiger partial charge in [0.1, 0.15) is 5.75 Å². The fourth-order valence-electron chi connectivity index (χ4n) is 4.15. The fraction of sp³-hybridized carbons (Fsp3) is 0.276. The van der Waals surface area contributed by atoms with Crippen molar-refractivity contribution < 1.29 is 17.9 Å². The molecule has 1 amide bonds. The zero-order valence-electron chi connectivity index (χ0n) is 23.1. The lowest BCUT2D eigenvalue weighted by molar-refractivity contribution is 0.0951. The van der Waals surface area contributed by atoms with Gasteiger partial charge in [-0.2, -0.15) is 0 Å². The molecule has 0 aliphatic carbocycles. The van der Waals surface area contributed by atoms with Crippen molar-refractivity contribution >= 4 is 55.9 Å². The van der Waals surface area contributed by atoms with Crippen LogP contribution in [0.5, 0.6) is 5.75 Å². The number of carbonyl (C=O) groups is 1. The molecule has 0 atom stereocenters. The standard InChI is InChI=1S/C29H33ClN6O4S/c1-4-36(5-2)17-9-16-31-29(37)20-10-8-11-22(18-20)41(38,39)35-28-27(32-24-12-6-7-13-25(24)33-28)34-26-19-21(40-3)14-15-23(26)30/h6-8,10-15,18-19H,4-5,9,16-17H2,1-3H3,(H,31,37)(H,32,34)(H,33,35). The van der Waals surface area contributed by atoms with Crippen LogP contribution in [0.2, 0.25) is 5.02 Å². The number of nitrogens with zero attached hydrogens (tertiary/aromatic N) is 3. The van der Waals surface area contributed by atoms with Crippen molar-refractivity contribution in [3.63, 3.8) is 0 Å². The molecule has 10 nitrogen and oxygen atoms in total. The molecule has 0 spiro atoms. The van der Waals surface area contributed by atoms with E-state index in [0.29, 0.717) is 34.0 Å². The highest BCUT2D eigenvalue weighted by atomic mass is 35.5. The van der Waals surface area contributed by atoms with Crippen LogP contribution in [0, 0.1) is 0 Å². The molecule has 4 rings (SSSR count). The number of hydrogen-bond acceptors (Lipinski definition) is 8. The van der Waals surface area contributed by atoms with Gasteiger partial charge in [0.25, 0.3) is 15.9 Å². The Hall–Kier alpha value is -3.93. The highest BCUT2D eigenvalue weighted by molar-refractivity contribution is 7.92. The van der Waals surface area contributed by atoms with Gasteiger partial charge in [0.15, 0.2) is 11.6 Å². The smallest absolute Gasteiger partial charge is 0.263 e. The van der Waals surface area contributed by atoms with Crippen molar-refractivity contribution in [1.29, 1.82) is 0 Å². The van der Waals surface area contributed by atoms with Gasteiger partial charge in [0.05, 0.1) is 33.7 Å². The van der Waals surface area contributed by atoms with Crippen LogP contribution in [0.1, 0.15) is 30.6 Å². The predicted molar refractivity (Wildman–Crippen MR) is 163 cm³/mol. The monoisotopic (exact) mass is 596 g/mol. The Labute approximate surface area is 245 Å². The van der Waals surface area contributed by atoms with Crippen LogP contribution >= 0.6 is 11.6 Å². The molecular weight excluding hydrogens is 564 g/mol. The Bertz CT molecular complexity index is 1630. The number of anilines is 3. The van der Waals surface area contributed by atoms with Gasteiger partial charge >= 0.3 is 0 Å². The third kappa shape index (κ3) is 7.63. The van der Waals surface area contributed by atoms with Crippen LogP contribution in [-0.2, 0) is 10.0 Å². The molecule has 216 valence electrons. The molecule has 0 saturated heterocycles. The van der Waals surface area contributed by atoms with Crippen LogP contribution in [0.3, 0.4) is 0 Å². The summed E-state index contributed by atoms with van der Waals surface area (Å²) in [5, 5.41) is 6.32. The number of hydrogen-bond donors (Lipinski definition) is 3. The third-order valence-corrected chi connectivity index (χ3v) is 8.13. The number of amides is 1. The van der Waals surface area contributed by atoms with Gasteiger partial charge in [-0.15, -0.1) is 0 Å². The molecule has 3 N–H and O–H groups in total. The van der Waals surface area contributed by atoms with Crippen LogP contribution in [-0.4, -0.2) is 62.5 Å². The van der Waals surface area contributed by atoms with Gasteiger partial charge in [-0.25, -0.2) is 18.4 Å². The minimum absolute atomic E-state index is 0.0335. The van der Waals surface area contributed by atoms with E-state index in [2.05, 4.69) is 44.1 Å². The molecule has 0 aliphatic heterocycles. The van der Waals surface area contributed by atoms with E-state index < -0.39 is 10.0 Å². The van der Waals surface area contributed by atoms with E-state index >= 15 is 0 Å². The first-order chi connectivity index (χ1) is 19.7. The number of rotatable bonds is 13. The van der Waals surface area contributed by atoms with Crippen molar-refractivity contribution in [2.75, 3.05) is 43.3 Å². The summed E-state index contributed by atoms with van der Waals surface area (Å²) in [6.45, 7) is 7.44. The first-order valence-electron chi connectivity index (χ1n) is 13.2. The first-order valence-corrected chi connectivity index (χ1v) is 15.1. The van der Waals surface area contributed by atoms with E-state index in [-0.39, 0.29) is 28.0 Å². The Morgan fingerprint density at radius 3 is 2.34 bits per heavy atom. The molecule has 0 bridgehead atoms. The second-order valence-corrected chi connectivity index (χ2v) is 11.2. The lowest BCUT2D eigenvalue weighted by Crippen LogP contribution is -2.30. The van der Waals surface area contributed by atoms with Crippen LogP contribution < -0.4 is 20.1 Å². The summed E-state index contributed by atoms with van der Waals surface area (Å²) < 4.78 is 34.8. The molecule has 0 radical (unpaired) electrons. The summed E-state index contributed by atoms with van der Waals surface area (Å²) in [6, 6.07) is 18.0. The number of halogens is 1. The summed E-state index contributed by atoms with van der Waals surface area (Å²) in [4.78, 5) is 24.0. The second kappa shape index (κ2) is 13.6. The summed E-state index contributed by atoms with van der Waals surface area (Å²) in [5.74, 6) is 0.316. The Morgan fingerprint density at radius 2 is 1.66 bits per heavy atom. The largest absolute Gasteiger partial charge is 0.497 e. The Morgan fingerprint density at radius 1 is 0.951 bits per heavy atom. The van der Waals surface area contributed by atoms with Gasteiger partial charge in [0, 0.05) is 18.2 Å². The minimum atomic E-state index is -4.16. The maximum absolute atomic E-state index is 13.5. The van der Waals surface area contributed by atoms with E-state index in [1.165, 1.54) is 25.3 Å². The highest BCUT2D eigenvalue weighted by Crippen LogP contribution is 2.32. The Kier molecular flexibility index (Phi) is 9.98. The maximum atomic E-state index is 13.5. The normalized spacial score (nSPS) is 11.4. The van der Waals surface area contributed by atoms with Crippen molar-refractivity contribution in [1.82, 2.24) is 20.2 Å². The SMILES string of the molecule is CCN(CC)CCCNC(=O)c1cccc(S(=O)(=O)Nc2nc3ccccc3nc2Nc2cc(OC)ccc2Cl)c1. The van der Waals surface area contributed by atoms with Gasteiger partial charge in [-0.3, -0.25) is 9.52 Å². The number of carbonyl (C=O) groups excluding carboxylic acids is 1. The zero-order valence-corrected chi connectivity index (χ0v) is 24.7. The number of ether oxygens (including phenoxy) is 1. The molecule has 0 aliphatic rings. The molecule has 0 saturated carbocycles. The maximum Gasteiger partial charge on any atom is 0.263 e. The molecule has 0 unspecified atom stereocenters. The summed E-state index contributed by atoms with van der Waals surface area (Å²) >= 11 is 6.38. The first kappa shape index (κ1) is 30.0. The molecule has 3 aromatic carbocycles. The van der Waals surface area contributed by atoms with E-state index in [0.717, 1.165) is 26.1 Å². The molecule has 0 fully saturated rings. The number of aromatic nitrogens is 2. The number of nitrogens with one attached hydrogen (secondary N) is 3. The second-order valence-electron chi connectivity index (χ2n) is 9.15. The average Bonchev–Trinajstić information content (AvgIpc) is 2.98. The summed E-state index contributed by atoms with van der Waals surface area (Å²) in [5.41, 5.74) is 1.74. The van der Waals surface area contributed by atoms with E-state index in [4.69, 9.17) is 16.3 Å². The zero-order chi connectivity index (χ0) is 29.4. The molecular formula is C29H33ClN6O4S. The molecule has 12 heteroatoms. The third-order valence-electron chi connectivity index (χ3n) is 6.47. The lowest BCUT2D eigenvalue weighted by Gasteiger charge is -2.17. The number of para-hydroxylation sites is 2. The number of methoxy groups -OCH3 is 1. The van der Waals surface area contributed by atoms with Gasteiger partial charge < -0.3 is 20.3 Å². The van der Waals surface area contributed by atoms with E-state index in [9.17, 15) is 13.2 Å². The van der Waals surface area contributed by atoms with Crippen molar-refractivity contribution in [2.45, 2.75) is 25.2 Å². The molecule has 1 heterocycles. The van der Waals surface area contributed by atoms with Crippen molar-refractivity contribution in [3.05, 3.63) is 77.3 Å². The van der Waals surface area contributed by atoms with E-state index in [1.54, 1.807) is 42.5 Å². The Balaban J connectivity index is 1.58. The lowest BCUT2D eigenvalue weighted by atomic mass is 10.2. The van der Waals surface area contributed by atoms with Crippen molar-refractivity contribution in [2.24, 2.45) is 0 Å². The molecule has 1 aromatic heterocycles. The van der Waals surface area contributed by atoms with E-state index in [1.807, 2.05) is 6.07 Å². The van der Waals surface area contributed by atoms with Crippen LogP contribution in [0.25, 0.3) is 11.0 Å². The van der Waals surface area contributed by atoms with Gasteiger partial charge in [-0.1, -0.05) is 43.6 Å². The number of fused-ring (bicyclic) bond motifs is 1. The quantitative estimate of drug-likeness (QED) is 0.178. The molecule has 4 aromatic rings. The fourth-order valence-corrected chi connectivity index (χ4v) is 5.37. The van der Waals surface area contributed by atoms with Crippen LogP contribution in [0.15, 0.2) is 71.6 Å². The van der Waals surface area contributed by atoms with Gasteiger partial charge in [-0.05, 0) is 68.5 Å². The number of sulfonamides is 1. The predicted octanol–water partition coefficient (Wildman–Crippen LogP) is 5.30. The van der Waals surface area contributed by atoms with Crippen LogP contribution in [0.4, 0.5) is 17.3 Å². The molecule has 41 heavy (non-hydrogen) atoms. The highest BCUT2D eigenvalue weighted by Gasteiger charge is 2.21. The van der Waals surface area contributed by atoms with Crippen molar-refractivity contribution in [3.8, 4) is 5.75 Å². The average molecular weight is 597 g/mol. The topological polar surface area (TPSA) is 126 Å². The summed E-state index contributed by atoms with van der Waals surface area (Å²) in [6.07, 6.45) is 0.792. The van der Waals surface area contributed by atoms with Gasteiger partial charge in [0.2, 0.25) is 0 Å². The summed E-state index contributed by atoms with van der Waals surface area (Å²) in [7, 11) is -2.62. The minimum Gasteiger partial charge on any atom is -0.497 e. The number of benzene rings is 3.